The summed E-state index contributed by atoms with van der Waals surface area (Å²) in [4.78, 5) is 4.58. The zero-order valence-electron chi connectivity index (χ0n) is 12.1. The second kappa shape index (κ2) is 6.98. The van der Waals surface area contributed by atoms with Crippen molar-refractivity contribution >= 4 is 15.9 Å². The molecule has 1 heterocycles. The number of hydrogen-bond acceptors (Lipinski definition) is 3. The lowest BCUT2D eigenvalue weighted by atomic mass is 9.98. The third-order valence-corrected chi connectivity index (χ3v) is 4.71. The van der Waals surface area contributed by atoms with Gasteiger partial charge in [-0.2, -0.15) is 0 Å². The molecule has 0 aliphatic carbocycles. The normalized spacial score (nSPS) is 19.5. The van der Waals surface area contributed by atoms with Crippen LogP contribution in [-0.4, -0.2) is 49.6 Å². The Morgan fingerprint density at radius 1 is 1.40 bits per heavy atom. The predicted octanol–water partition coefficient (Wildman–Crippen LogP) is 2.61. The highest BCUT2D eigenvalue weighted by molar-refractivity contribution is 9.10. The average molecular weight is 344 g/mol. The van der Waals surface area contributed by atoms with Crippen molar-refractivity contribution in [3.05, 3.63) is 34.1 Å². The van der Waals surface area contributed by atoms with E-state index in [-0.39, 0.29) is 11.9 Å². The maximum absolute atomic E-state index is 14.1. The van der Waals surface area contributed by atoms with Crippen molar-refractivity contribution in [2.75, 3.05) is 33.7 Å². The van der Waals surface area contributed by atoms with E-state index in [1.807, 2.05) is 12.1 Å². The molecule has 0 amide bonds. The van der Waals surface area contributed by atoms with Crippen LogP contribution in [0.15, 0.2) is 22.7 Å². The summed E-state index contributed by atoms with van der Waals surface area (Å²) in [6.45, 7) is 2.39. The van der Waals surface area contributed by atoms with E-state index in [1.165, 1.54) is 6.07 Å². The van der Waals surface area contributed by atoms with Crippen LogP contribution in [0.5, 0.6) is 0 Å². The van der Waals surface area contributed by atoms with E-state index in [1.54, 1.807) is 0 Å². The molecule has 1 saturated heterocycles. The number of halogens is 2. The monoisotopic (exact) mass is 343 g/mol. The molecule has 1 aliphatic heterocycles. The lowest BCUT2D eigenvalue weighted by Gasteiger charge is -2.39. The first kappa shape index (κ1) is 15.9. The van der Waals surface area contributed by atoms with Crippen LogP contribution in [0.1, 0.15) is 24.4 Å². The summed E-state index contributed by atoms with van der Waals surface area (Å²) >= 11 is 3.30. The molecule has 1 aliphatic rings. The number of likely N-dealkylation sites (tertiary alicyclic amines) is 1. The molecule has 0 saturated carbocycles. The highest BCUT2D eigenvalue weighted by atomic mass is 79.9. The molecule has 2 N–H and O–H groups in total. The Kier molecular flexibility index (Phi) is 5.55. The largest absolute Gasteiger partial charge is 0.329 e. The number of benzene rings is 1. The molecule has 1 aromatic carbocycles. The fraction of sp³-hybridized carbons (Fsp3) is 0.600. The average Bonchev–Trinajstić information content (AvgIpc) is 2.42. The zero-order chi connectivity index (χ0) is 14.7. The molecular formula is C15H23BrFN3. The molecular weight excluding hydrogens is 321 g/mol. The quantitative estimate of drug-likeness (QED) is 0.911. The van der Waals surface area contributed by atoms with Crippen molar-refractivity contribution in [1.29, 1.82) is 0 Å². The van der Waals surface area contributed by atoms with Gasteiger partial charge in [-0.05, 0) is 39.1 Å². The molecule has 0 radical (unpaired) electrons. The Bertz CT molecular complexity index is 445. The smallest absolute Gasteiger partial charge is 0.129 e. The molecule has 20 heavy (non-hydrogen) atoms. The Hall–Kier alpha value is -0.490. The van der Waals surface area contributed by atoms with Gasteiger partial charge in [-0.25, -0.2) is 4.39 Å². The molecule has 0 aromatic heterocycles. The van der Waals surface area contributed by atoms with Gasteiger partial charge in [0.1, 0.15) is 5.82 Å². The van der Waals surface area contributed by atoms with Gasteiger partial charge in [-0.3, -0.25) is 4.90 Å². The first-order valence-electron chi connectivity index (χ1n) is 7.08. The molecule has 1 unspecified atom stereocenters. The van der Waals surface area contributed by atoms with Gasteiger partial charge >= 0.3 is 0 Å². The zero-order valence-corrected chi connectivity index (χ0v) is 13.7. The summed E-state index contributed by atoms with van der Waals surface area (Å²) in [6.07, 6.45) is 2.23. The lowest BCUT2D eigenvalue weighted by Crippen LogP contribution is -2.45. The Balaban J connectivity index is 2.09. The standard InChI is InChI=1S/C15H23BrFN3/c1-19(2)12-5-7-20(8-6-12)15(10-18)13-4-3-11(16)9-14(13)17/h3-4,9,12,15H,5-8,10,18H2,1-2H3. The maximum atomic E-state index is 14.1. The molecule has 1 atom stereocenters. The van der Waals surface area contributed by atoms with Gasteiger partial charge in [0.15, 0.2) is 0 Å². The number of rotatable bonds is 4. The number of piperidine rings is 1. The van der Waals surface area contributed by atoms with Crippen LogP contribution in [-0.2, 0) is 0 Å². The maximum Gasteiger partial charge on any atom is 0.129 e. The van der Waals surface area contributed by atoms with Gasteiger partial charge < -0.3 is 10.6 Å². The minimum atomic E-state index is -0.176. The summed E-state index contributed by atoms with van der Waals surface area (Å²) < 4.78 is 14.9. The van der Waals surface area contributed by atoms with Crippen molar-refractivity contribution in [3.63, 3.8) is 0 Å². The van der Waals surface area contributed by atoms with Crippen molar-refractivity contribution in [2.24, 2.45) is 5.73 Å². The number of nitrogens with two attached hydrogens (primary N) is 1. The van der Waals surface area contributed by atoms with Gasteiger partial charge in [-0.1, -0.05) is 22.0 Å². The van der Waals surface area contributed by atoms with E-state index < -0.39 is 0 Å². The molecule has 5 heteroatoms. The fourth-order valence-corrected chi connectivity index (χ4v) is 3.29. The Labute approximate surface area is 129 Å². The fourth-order valence-electron chi connectivity index (χ4n) is 2.96. The second-order valence-electron chi connectivity index (χ2n) is 5.65. The summed E-state index contributed by atoms with van der Waals surface area (Å²) in [6, 6.07) is 5.85. The number of nitrogens with zero attached hydrogens (tertiary/aromatic N) is 2. The lowest BCUT2D eigenvalue weighted by molar-refractivity contribution is 0.109. The SMILES string of the molecule is CN(C)C1CCN(C(CN)c2ccc(Br)cc2F)CC1. The van der Waals surface area contributed by atoms with Crippen LogP contribution < -0.4 is 5.73 Å². The van der Waals surface area contributed by atoms with Crippen molar-refractivity contribution in [3.8, 4) is 0 Å². The topological polar surface area (TPSA) is 32.5 Å². The summed E-state index contributed by atoms with van der Waals surface area (Å²) in [5.41, 5.74) is 6.61. The highest BCUT2D eigenvalue weighted by Gasteiger charge is 2.27. The predicted molar refractivity (Wildman–Crippen MR) is 84.2 cm³/mol. The van der Waals surface area contributed by atoms with E-state index in [9.17, 15) is 4.39 Å². The van der Waals surface area contributed by atoms with Crippen LogP contribution in [0.2, 0.25) is 0 Å². The summed E-state index contributed by atoms with van der Waals surface area (Å²) in [7, 11) is 4.24. The van der Waals surface area contributed by atoms with E-state index >= 15 is 0 Å². The van der Waals surface area contributed by atoms with Gasteiger partial charge in [0.05, 0.1) is 0 Å². The minimum Gasteiger partial charge on any atom is -0.329 e. The molecule has 1 fully saturated rings. The van der Waals surface area contributed by atoms with Gasteiger partial charge in [0, 0.05) is 41.8 Å². The van der Waals surface area contributed by atoms with Gasteiger partial charge in [0.25, 0.3) is 0 Å². The van der Waals surface area contributed by atoms with Gasteiger partial charge in [-0.15, -0.1) is 0 Å². The second-order valence-corrected chi connectivity index (χ2v) is 6.56. The Morgan fingerprint density at radius 3 is 2.55 bits per heavy atom. The molecule has 0 spiro atoms. The summed E-state index contributed by atoms with van der Waals surface area (Å²) in [5, 5.41) is 0. The molecule has 0 bridgehead atoms. The van der Waals surface area contributed by atoms with Crippen LogP contribution in [0.3, 0.4) is 0 Å². The molecule has 112 valence electrons. The minimum absolute atomic E-state index is 0.0220. The van der Waals surface area contributed by atoms with Crippen LogP contribution in [0.4, 0.5) is 4.39 Å². The Morgan fingerprint density at radius 2 is 2.05 bits per heavy atom. The molecule has 2 rings (SSSR count). The van der Waals surface area contributed by atoms with E-state index in [0.717, 1.165) is 30.4 Å². The number of hydrogen-bond donors (Lipinski definition) is 1. The first-order chi connectivity index (χ1) is 9.52. The van der Waals surface area contributed by atoms with Crippen LogP contribution in [0.25, 0.3) is 0 Å². The van der Waals surface area contributed by atoms with Gasteiger partial charge in [0.2, 0.25) is 0 Å². The van der Waals surface area contributed by atoms with Crippen molar-refractivity contribution in [1.82, 2.24) is 9.80 Å². The molecule has 1 aromatic rings. The van der Waals surface area contributed by atoms with E-state index in [2.05, 4.69) is 39.8 Å². The van der Waals surface area contributed by atoms with Crippen LogP contribution in [0, 0.1) is 5.82 Å². The first-order valence-corrected chi connectivity index (χ1v) is 7.87. The van der Waals surface area contributed by atoms with E-state index in [0.29, 0.717) is 18.2 Å². The third kappa shape index (κ3) is 3.58. The van der Waals surface area contributed by atoms with Crippen LogP contribution >= 0.6 is 15.9 Å². The van der Waals surface area contributed by atoms with Crippen molar-refractivity contribution in [2.45, 2.75) is 24.9 Å². The summed E-state index contributed by atoms with van der Waals surface area (Å²) in [5.74, 6) is -0.176. The van der Waals surface area contributed by atoms with Crippen molar-refractivity contribution < 1.29 is 4.39 Å². The third-order valence-electron chi connectivity index (χ3n) is 4.21. The van der Waals surface area contributed by atoms with E-state index in [4.69, 9.17) is 5.73 Å². The highest BCUT2D eigenvalue weighted by Crippen LogP contribution is 2.28. The molecule has 3 nitrogen and oxygen atoms in total.